The largest absolute Gasteiger partial charge is 0.451 e. The third-order valence-corrected chi connectivity index (χ3v) is 4.02. The Balaban J connectivity index is 1.57. The van der Waals surface area contributed by atoms with E-state index in [4.69, 9.17) is 4.42 Å². The molecule has 1 aromatic carbocycles. The van der Waals surface area contributed by atoms with E-state index in [2.05, 4.69) is 16.0 Å². The molecular formula is C18H20N4O3. The van der Waals surface area contributed by atoms with E-state index in [1.165, 1.54) is 0 Å². The lowest BCUT2D eigenvalue weighted by atomic mass is 10.1. The Labute approximate surface area is 145 Å². The van der Waals surface area contributed by atoms with E-state index in [0.29, 0.717) is 12.1 Å². The van der Waals surface area contributed by atoms with Crippen molar-refractivity contribution in [2.24, 2.45) is 0 Å². The number of rotatable bonds is 4. The van der Waals surface area contributed by atoms with Crippen LogP contribution in [-0.2, 0) is 11.3 Å². The van der Waals surface area contributed by atoms with Crippen molar-refractivity contribution < 1.29 is 14.0 Å². The van der Waals surface area contributed by atoms with Gasteiger partial charge in [0.05, 0.1) is 12.2 Å². The number of carbonyl (C=O) groups is 2. The first kappa shape index (κ1) is 16.8. The van der Waals surface area contributed by atoms with Gasteiger partial charge in [0.1, 0.15) is 5.58 Å². The predicted octanol–water partition coefficient (Wildman–Crippen LogP) is 2.41. The number of hydrogen-bond acceptors (Lipinski definition) is 4. The van der Waals surface area contributed by atoms with Gasteiger partial charge in [-0.15, -0.1) is 0 Å². The first-order valence-electron chi connectivity index (χ1n) is 8.04. The van der Waals surface area contributed by atoms with E-state index in [9.17, 15) is 9.59 Å². The fourth-order valence-corrected chi connectivity index (χ4v) is 2.75. The summed E-state index contributed by atoms with van der Waals surface area (Å²) < 4.78 is 7.33. The molecule has 2 amide bonds. The van der Waals surface area contributed by atoms with Gasteiger partial charge >= 0.3 is 5.91 Å². The number of fused-ring (bicyclic) bond motifs is 1. The fourth-order valence-electron chi connectivity index (χ4n) is 2.75. The van der Waals surface area contributed by atoms with Crippen LogP contribution >= 0.6 is 0 Å². The lowest BCUT2D eigenvalue weighted by molar-refractivity contribution is -0.122. The van der Waals surface area contributed by atoms with Crippen LogP contribution in [0.1, 0.15) is 33.9 Å². The zero-order chi connectivity index (χ0) is 18.0. The van der Waals surface area contributed by atoms with Crippen molar-refractivity contribution in [2.45, 2.75) is 33.7 Å². The second kappa shape index (κ2) is 6.80. The summed E-state index contributed by atoms with van der Waals surface area (Å²) in [6.45, 7) is 6.10. The Kier molecular flexibility index (Phi) is 4.56. The molecule has 2 heterocycles. The van der Waals surface area contributed by atoms with Gasteiger partial charge in [0.2, 0.25) is 5.91 Å². The van der Waals surface area contributed by atoms with Crippen LogP contribution in [0, 0.1) is 20.8 Å². The van der Waals surface area contributed by atoms with Gasteiger partial charge in [0, 0.05) is 23.1 Å². The van der Waals surface area contributed by atoms with Crippen LogP contribution in [0.5, 0.6) is 0 Å². The summed E-state index contributed by atoms with van der Waals surface area (Å²) in [4.78, 5) is 24.2. The normalized spacial score (nSPS) is 10.8. The molecule has 0 saturated heterocycles. The molecule has 0 fully saturated rings. The van der Waals surface area contributed by atoms with Crippen molar-refractivity contribution in [2.75, 3.05) is 0 Å². The minimum Gasteiger partial charge on any atom is -0.451 e. The van der Waals surface area contributed by atoms with Crippen molar-refractivity contribution in [3.63, 3.8) is 0 Å². The highest BCUT2D eigenvalue weighted by Gasteiger charge is 2.17. The number of carbonyl (C=O) groups excluding carboxylic acids is 2. The predicted molar refractivity (Wildman–Crippen MR) is 92.9 cm³/mol. The second-order valence-corrected chi connectivity index (χ2v) is 5.95. The van der Waals surface area contributed by atoms with Crippen molar-refractivity contribution in [3.8, 4) is 0 Å². The van der Waals surface area contributed by atoms with Crippen molar-refractivity contribution in [1.29, 1.82) is 0 Å². The lowest BCUT2D eigenvalue weighted by Gasteiger charge is -2.07. The first-order valence-corrected chi connectivity index (χ1v) is 8.04. The quantitative estimate of drug-likeness (QED) is 0.714. The molecule has 2 N–H and O–H groups in total. The van der Waals surface area contributed by atoms with Gasteiger partial charge in [-0.1, -0.05) is 18.2 Å². The molecule has 0 unspecified atom stereocenters. The maximum absolute atomic E-state index is 12.2. The summed E-state index contributed by atoms with van der Waals surface area (Å²) in [6, 6.07) is 9.36. The van der Waals surface area contributed by atoms with Crippen LogP contribution < -0.4 is 10.9 Å². The molecule has 7 heteroatoms. The molecule has 130 valence electrons. The first-order chi connectivity index (χ1) is 12.0. The van der Waals surface area contributed by atoms with Crippen molar-refractivity contribution in [3.05, 3.63) is 53.0 Å². The maximum atomic E-state index is 12.2. The van der Waals surface area contributed by atoms with Gasteiger partial charge in [0.25, 0.3) is 0 Å². The zero-order valence-corrected chi connectivity index (χ0v) is 14.4. The number of hydrazine groups is 1. The number of nitrogens with zero attached hydrogens (tertiary/aromatic N) is 2. The summed E-state index contributed by atoms with van der Waals surface area (Å²) in [6.07, 6.45) is 0.210. The summed E-state index contributed by atoms with van der Waals surface area (Å²) in [5.41, 5.74) is 8.09. The Bertz CT molecular complexity index is 939. The van der Waals surface area contributed by atoms with Crippen molar-refractivity contribution >= 4 is 22.8 Å². The number of amides is 2. The molecule has 0 aliphatic carbocycles. The van der Waals surface area contributed by atoms with Gasteiger partial charge < -0.3 is 4.42 Å². The Morgan fingerprint density at radius 3 is 2.60 bits per heavy atom. The number of para-hydroxylation sites is 1. The summed E-state index contributed by atoms with van der Waals surface area (Å²) in [5.74, 6) is -0.581. The van der Waals surface area contributed by atoms with E-state index in [-0.39, 0.29) is 18.1 Å². The topological polar surface area (TPSA) is 89.2 Å². The fraction of sp³-hybridized carbons (Fsp3) is 0.278. The summed E-state index contributed by atoms with van der Waals surface area (Å²) >= 11 is 0. The van der Waals surface area contributed by atoms with Crippen LogP contribution in [0.3, 0.4) is 0 Å². The van der Waals surface area contributed by atoms with E-state index in [1.807, 2.05) is 45.0 Å². The minimum absolute atomic E-state index is 0.194. The molecule has 3 rings (SSSR count). The van der Waals surface area contributed by atoms with Crippen LogP contribution in [0.25, 0.3) is 11.0 Å². The van der Waals surface area contributed by atoms with Crippen molar-refractivity contribution in [1.82, 2.24) is 20.6 Å². The third-order valence-electron chi connectivity index (χ3n) is 4.02. The molecule has 7 nitrogen and oxygen atoms in total. The van der Waals surface area contributed by atoms with Gasteiger partial charge in [0.15, 0.2) is 5.76 Å². The molecule has 0 atom stereocenters. The molecule has 0 aliphatic heterocycles. The summed E-state index contributed by atoms with van der Waals surface area (Å²) in [5, 5.41) is 5.17. The maximum Gasteiger partial charge on any atom is 0.305 e. The monoisotopic (exact) mass is 340 g/mol. The molecule has 2 aromatic heterocycles. The Morgan fingerprint density at radius 2 is 1.92 bits per heavy atom. The Hall–Kier alpha value is -3.09. The van der Waals surface area contributed by atoms with E-state index in [0.717, 1.165) is 22.3 Å². The molecule has 0 spiro atoms. The average molecular weight is 340 g/mol. The standard InChI is InChI=1S/C18H20N4O3/c1-11-10-12(2)22(21-11)9-8-16(23)19-20-18(24)17-13(3)14-6-4-5-7-15(14)25-17/h4-7,10H,8-9H2,1-3H3,(H,19,23)(H,20,24). The Morgan fingerprint density at radius 1 is 1.16 bits per heavy atom. The molecule has 3 aromatic rings. The number of furan rings is 1. The molecular weight excluding hydrogens is 320 g/mol. The van der Waals surface area contributed by atoms with Crippen LogP contribution in [0.2, 0.25) is 0 Å². The van der Waals surface area contributed by atoms with E-state index >= 15 is 0 Å². The van der Waals surface area contributed by atoms with E-state index in [1.54, 1.807) is 10.7 Å². The minimum atomic E-state index is -0.479. The number of aromatic nitrogens is 2. The molecule has 0 saturated carbocycles. The number of nitrogens with one attached hydrogen (secondary N) is 2. The molecule has 0 aliphatic rings. The van der Waals surface area contributed by atoms with Crippen LogP contribution in [-0.4, -0.2) is 21.6 Å². The lowest BCUT2D eigenvalue weighted by Crippen LogP contribution is -2.42. The molecule has 25 heavy (non-hydrogen) atoms. The smallest absolute Gasteiger partial charge is 0.305 e. The number of benzene rings is 1. The van der Waals surface area contributed by atoms with Crippen LogP contribution in [0.4, 0.5) is 0 Å². The van der Waals surface area contributed by atoms with E-state index < -0.39 is 5.91 Å². The zero-order valence-electron chi connectivity index (χ0n) is 14.4. The van der Waals surface area contributed by atoms with Gasteiger partial charge in [-0.2, -0.15) is 5.10 Å². The average Bonchev–Trinajstić information content (AvgIpc) is 3.10. The SMILES string of the molecule is Cc1cc(C)n(CCC(=O)NNC(=O)c2oc3ccccc3c2C)n1. The van der Waals surface area contributed by atoms with Gasteiger partial charge in [-0.05, 0) is 32.9 Å². The van der Waals surface area contributed by atoms with Gasteiger partial charge in [-0.25, -0.2) is 0 Å². The molecule has 0 radical (unpaired) electrons. The highest BCUT2D eigenvalue weighted by atomic mass is 16.3. The highest BCUT2D eigenvalue weighted by Crippen LogP contribution is 2.24. The number of hydrogen-bond donors (Lipinski definition) is 2. The molecule has 0 bridgehead atoms. The van der Waals surface area contributed by atoms with Crippen LogP contribution in [0.15, 0.2) is 34.7 Å². The third kappa shape index (κ3) is 3.55. The second-order valence-electron chi connectivity index (χ2n) is 5.95. The highest BCUT2D eigenvalue weighted by molar-refractivity contribution is 5.99. The van der Waals surface area contributed by atoms with Gasteiger partial charge in [-0.3, -0.25) is 25.1 Å². The summed E-state index contributed by atoms with van der Waals surface area (Å²) in [7, 11) is 0. The number of aryl methyl sites for hydroxylation is 4.